The molecule has 0 aromatic carbocycles. The van der Waals surface area contributed by atoms with Gasteiger partial charge < -0.3 is 14.2 Å². The molecule has 24 heavy (non-hydrogen) atoms. The Morgan fingerprint density at radius 1 is 1.25 bits per heavy atom. The monoisotopic (exact) mass is 352 g/mol. The van der Waals surface area contributed by atoms with Crippen molar-refractivity contribution in [1.29, 1.82) is 0 Å². The fraction of sp³-hybridized carbons (Fsp3) is 0.500. The van der Waals surface area contributed by atoms with Gasteiger partial charge in [0.2, 0.25) is 5.95 Å². The van der Waals surface area contributed by atoms with Crippen LogP contribution >= 0.6 is 0 Å². The van der Waals surface area contributed by atoms with Crippen molar-refractivity contribution in [3.05, 3.63) is 24.4 Å². The molecule has 2 aromatic heterocycles. The Bertz CT molecular complexity index is 796. The molecule has 3 heterocycles. The van der Waals surface area contributed by atoms with Gasteiger partial charge in [0.15, 0.2) is 5.03 Å². The molecule has 1 aliphatic heterocycles. The Labute approximate surface area is 140 Å². The number of hydrogen-bond donors (Lipinski definition) is 1. The molecule has 0 saturated carbocycles. The number of ether oxygens (including phenoxy) is 1. The number of aryl methyl sites for hydroxylation is 2. The topological polar surface area (TPSA) is 102 Å². The van der Waals surface area contributed by atoms with Gasteiger partial charge in [0, 0.05) is 25.8 Å². The highest BCUT2D eigenvalue weighted by Gasteiger charge is 2.20. The first-order valence-corrected chi connectivity index (χ1v) is 9.19. The molecule has 0 spiro atoms. The van der Waals surface area contributed by atoms with Crippen LogP contribution in [0.2, 0.25) is 0 Å². The van der Waals surface area contributed by atoms with Crippen molar-refractivity contribution in [2.45, 2.75) is 25.4 Å². The fourth-order valence-corrected chi connectivity index (χ4v) is 3.48. The number of sulfonamides is 1. The Balaban J connectivity index is 1.74. The number of hydrogen-bond acceptors (Lipinski definition) is 7. The van der Waals surface area contributed by atoms with Crippen LogP contribution in [0.4, 0.5) is 11.6 Å². The first-order valence-electron chi connectivity index (χ1n) is 7.71. The molecule has 0 aliphatic carbocycles. The summed E-state index contributed by atoms with van der Waals surface area (Å²) in [5.41, 5.74) is 0.302. The Kier molecular flexibility index (Phi) is 4.67. The largest absolute Gasteiger partial charge is 0.378 e. The summed E-state index contributed by atoms with van der Waals surface area (Å²) >= 11 is 0. The SMILES string of the molecule is CCn1cc(S(=O)(=O)Nc2cnc(N3CCOCC3)nc2)nc1C. The van der Waals surface area contributed by atoms with E-state index in [1.54, 1.807) is 11.5 Å². The predicted octanol–water partition coefficient (Wildman–Crippen LogP) is 0.639. The second-order valence-electron chi connectivity index (χ2n) is 5.39. The van der Waals surface area contributed by atoms with Crippen molar-refractivity contribution >= 4 is 21.7 Å². The Hall–Kier alpha value is -2.20. The zero-order valence-electron chi connectivity index (χ0n) is 13.6. The minimum Gasteiger partial charge on any atom is -0.378 e. The van der Waals surface area contributed by atoms with Crippen molar-refractivity contribution in [3.63, 3.8) is 0 Å². The first kappa shape index (κ1) is 16.7. The molecule has 10 heteroatoms. The molecule has 1 saturated heterocycles. The lowest BCUT2D eigenvalue weighted by Crippen LogP contribution is -2.37. The number of morpholine rings is 1. The summed E-state index contributed by atoms with van der Waals surface area (Å²) in [6.45, 7) is 7.07. The summed E-state index contributed by atoms with van der Waals surface area (Å²) in [5.74, 6) is 1.21. The maximum absolute atomic E-state index is 12.4. The van der Waals surface area contributed by atoms with E-state index in [-0.39, 0.29) is 5.03 Å². The molecule has 1 aliphatic rings. The third kappa shape index (κ3) is 3.49. The van der Waals surface area contributed by atoms with Gasteiger partial charge in [-0.2, -0.15) is 8.42 Å². The molecular formula is C14H20N6O3S. The van der Waals surface area contributed by atoms with Crippen LogP contribution < -0.4 is 9.62 Å². The Morgan fingerprint density at radius 3 is 2.50 bits per heavy atom. The highest BCUT2D eigenvalue weighted by molar-refractivity contribution is 7.92. The van der Waals surface area contributed by atoms with Crippen molar-refractivity contribution < 1.29 is 13.2 Å². The van der Waals surface area contributed by atoms with Crippen molar-refractivity contribution in [2.24, 2.45) is 0 Å². The number of aromatic nitrogens is 4. The lowest BCUT2D eigenvalue weighted by Gasteiger charge is -2.26. The van der Waals surface area contributed by atoms with E-state index >= 15 is 0 Å². The van der Waals surface area contributed by atoms with Gasteiger partial charge in [-0.3, -0.25) is 4.72 Å². The molecule has 2 aromatic rings. The van der Waals surface area contributed by atoms with Gasteiger partial charge in [0.1, 0.15) is 5.82 Å². The lowest BCUT2D eigenvalue weighted by atomic mass is 10.4. The van der Waals surface area contributed by atoms with Gasteiger partial charge >= 0.3 is 0 Å². The van der Waals surface area contributed by atoms with E-state index in [0.29, 0.717) is 37.2 Å². The van der Waals surface area contributed by atoms with Crippen molar-refractivity contribution in [2.75, 3.05) is 35.9 Å². The summed E-state index contributed by atoms with van der Waals surface area (Å²) in [4.78, 5) is 14.5. The van der Waals surface area contributed by atoms with Crippen LogP contribution in [0.25, 0.3) is 0 Å². The van der Waals surface area contributed by atoms with Crippen molar-refractivity contribution in [3.8, 4) is 0 Å². The second-order valence-corrected chi connectivity index (χ2v) is 7.02. The van der Waals surface area contributed by atoms with E-state index in [2.05, 4.69) is 19.7 Å². The standard InChI is InChI=1S/C14H20N6O3S/c1-3-19-10-13(17-11(19)2)24(21,22)18-12-8-15-14(16-9-12)20-4-6-23-7-5-20/h8-10,18H,3-7H2,1-2H3. The highest BCUT2D eigenvalue weighted by Crippen LogP contribution is 2.16. The summed E-state index contributed by atoms with van der Waals surface area (Å²) < 4.78 is 34.3. The van der Waals surface area contributed by atoms with Crippen LogP contribution in [0.15, 0.2) is 23.6 Å². The third-order valence-electron chi connectivity index (χ3n) is 3.75. The third-order valence-corrected chi connectivity index (χ3v) is 5.01. The average molecular weight is 352 g/mol. The zero-order valence-corrected chi connectivity index (χ0v) is 14.5. The van der Waals surface area contributed by atoms with Crippen LogP contribution in [-0.2, 0) is 21.3 Å². The van der Waals surface area contributed by atoms with Crippen molar-refractivity contribution in [1.82, 2.24) is 19.5 Å². The average Bonchev–Trinajstić information content (AvgIpc) is 2.98. The normalized spacial score (nSPS) is 15.5. The van der Waals surface area contributed by atoms with Crippen LogP contribution in [0.1, 0.15) is 12.7 Å². The van der Waals surface area contributed by atoms with E-state index in [9.17, 15) is 8.42 Å². The smallest absolute Gasteiger partial charge is 0.281 e. The Morgan fingerprint density at radius 2 is 1.92 bits per heavy atom. The molecule has 0 atom stereocenters. The summed E-state index contributed by atoms with van der Waals surface area (Å²) in [7, 11) is -3.76. The maximum atomic E-state index is 12.4. The van der Waals surface area contributed by atoms with Gasteiger partial charge in [-0.15, -0.1) is 0 Å². The van der Waals surface area contributed by atoms with Gasteiger partial charge in [0.05, 0.1) is 31.3 Å². The van der Waals surface area contributed by atoms with Gasteiger partial charge in [0.25, 0.3) is 10.0 Å². The fourth-order valence-electron chi connectivity index (χ4n) is 2.44. The summed E-state index contributed by atoms with van der Waals surface area (Å²) in [6.07, 6.45) is 4.43. The quantitative estimate of drug-likeness (QED) is 0.842. The van der Waals surface area contributed by atoms with E-state index in [1.165, 1.54) is 18.6 Å². The molecule has 0 bridgehead atoms. The van der Waals surface area contributed by atoms with Crippen LogP contribution in [-0.4, -0.2) is 54.2 Å². The highest BCUT2D eigenvalue weighted by atomic mass is 32.2. The number of nitrogens with zero attached hydrogens (tertiary/aromatic N) is 5. The minimum atomic E-state index is -3.76. The second kappa shape index (κ2) is 6.73. The van der Waals surface area contributed by atoms with Crippen LogP contribution in [0.3, 0.4) is 0 Å². The van der Waals surface area contributed by atoms with E-state index in [4.69, 9.17) is 4.74 Å². The predicted molar refractivity (Wildman–Crippen MR) is 88.5 cm³/mol. The molecule has 1 fully saturated rings. The number of imidazole rings is 1. The number of nitrogens with one attached hydrogen (secondary N) is 1. The molecule has 0 radical (unpaired) electrons. The van der Waals surface area contributed by atoms with Gasteiger partial charge in [-0.05, 0) is 13.8 Å². The molecule has 0 amide bonds. The van der Waals surface area contributed by atoms with Gasteiger partial charge in [-0.25, -0.2) is 15.0 Å². The number of rotatable bonds is 5. The molecule has 130 valence electrons. The van der Waals surface area contributed by atoms with Crippen LogP contribution in [0.5, 0.6) is 0 Å². The molecule has 1 N–H and O–H groups in total. The molecule has 3 rings (SSSR count). The summed E-state index contributed by atoms with van der Waals surface area (Å²) in [5, 5.41) is -0.0147. The molecule has 0 unspecified atom stereocenters. The molecular weight excluding hydrogens is 332 g/mol. The van der Waals surface area contributed by atoms with E-state index in [0.717, 1.165) is 13.1 Å². The lowest BCUT2D eigenvalue weighted by molar-refractivity contribution is 0.122. The summed E-state index contributed by atoms with van der Waals surface area (Å²) in [6, 6.07) is 0. The minimum absolute atomic E-state index is 0.0147. The molecule has 9 nitrogen and oxygen atoms in total. The maximum Gasteiger partial charge on any atom is 0.281 e. The first-order chi connectivity index (χ1) is 11.5. The zero-order chi connectivity index (χ0) is 17.2. The number of anilines is 2. The van der Waals surface area contributed by atoms with E-state index < -0.39 is 10.0 Å². The van der Waals surface area contributed by atoms with Gasteiger partial charge in [-0.1, -0.05) is 0 Å². The van der Waals surface area contributed by atoms with Crippen LogP contribution in [0, 0.1) is 6.92 Å². The van der Waals surface area contributed by atoms with E-state index in [1.807, 2.05) is 11.8 Å².